The van der Waals surface area contributed by atoms with Gasteiger partial charge in [-0.05, 0) is 35.3 Å². The second-order valence-electron chi connectivity index (χ2n) is 10.4. The van der Waals surface area contributed by atoms with Crippen molar-refractivity contribution in [1.82, 2.24) is 10.2 Å². The molecule has 2 heterocycles. The van der Waals surface area contributed by atoms with Gasteiger partial charge in [0.25, 0.3) is 0 Å². The Morgan fingerprint density at radius 3 is 1.93 bits per heavy atom. The smallest absolute Gasteiger partial charge is 0.435 e. The quantitative estimate of drug-likeness (QED) is 0.0557. The van der Waals surface area contributed by atoms with Gasteiger partial charge < -0.3 is 5.11 Å². The zero-order valence-electron chi connectivity index (χ0n) is 25.1. The summed E-state index contributed by atoms with van der Waals surface area (Å²) in [5.74, 6) is -1.61. The van der Waals surface area contributed by atoms with Crippen molar-refractivity contribution in [3.05, 3.63) is 83.8 Å². The Morgan fingerprint density at radius 1 is 0.867 bits per heavy atom. The van der Waals surface area contributed by atoms with Crippen molar-refractivity contribution in [2.45, 2.75) is 59.6 Å². The second-order valence-corrected chi connectivity index (χ2v) is 11.4. The maximum absolute atomic E-state index is 15.4. The fraction of sp³-hybridized carbons (Fsp3) is 0.324. The van der Waals surface area contributed by atoms with Crippen molar-refractivity contribution >= 4 is 48.8 Å². The number of carbonyl (C=O) groups is 1. The normalized spacial score (nSPS) is 12.1. The van der Waals surface area contributed by atoms with E-state index in [4.69, 9.17) is 0 Å². The van der Waals surface area contributed by atoms with Crippen LogP contribution in [-0.4, -0.2) is 21.1 Å². The van der Waals surface area contributed by atoms with E-state index in [1.807, 2.05) is 27.7 Å². The van der Waals surface area contributed by atoms with Crippen molar-refractivity contribution in [2.24, 2.45) is 11.8 Å². The number of nitrogens with zero attached hydrogens (tertiary/aromatic N) is 2. The van der Waals surface area contributed by atoms with E-state index in [2.05, 4.69) is 16.3 Å². The van der Waals surface area contributed by atoms with Crippen molar-refractivity contribution in [2.75, 3.05) is 0 Å². The number of aliphatic hydroxyl groups excluding tert-OH is 1. The summed E-state index contributed by atoms with van der Waals surface area (Å²) in [7, 11) is 0. The molecule has 241 valence electrons. The number of hydrogen-bond acceptors (Lipinski definition) is 5. The van der Waals surface area contributed by atoms with Crippen molar-refractivity contribution in [1.29, 1.82) is 0 Å². The van der Waals surface area contributed by atoms with Gasteiger partial charge in [0.05, 0.1) is 5.76 Å². The van der Waals surface area contributed by atoms with Gasteiger partial charge in [0.2, 0.25) is 0 Å². The van der Waals surface area contributed by atoms with Gasteiger partial charge in [0.15, 0.2) is 11.5 Å². The molecule has 0 aliphatic carbocycles. The van der Waals surface area contributed by atoms with Gasteiger partial charge in [-0.2, -0.15) is 23.4 Å². The molecule has 0 atom stereocenters. The Labute approximate surface area is 275 Å². The predicted octanol–water partition coefficient (Wildman–Crippen LogP) is 10.6. The molecule has 0 aliphatic heterocycles. The first-order valence-corrected chi connectivity index (χ1v) is 15.3. The van der Waals surface area contributed by atoms with Crippen LogP contribution in [0.25, 0.3) is 42.2 Å². The van der Waals surface area contributed by atoms with E-state index in [-0.39, 0.29) is 64.8 Å². The largest absolute Gasteiger partial charge is 0.512 e. The van der Waals surface area contributed by atoms with Crippen molar-refractivity contribution in [3.63, 3.8) is 0 Å². The Bertz CT molecular complexity index is 1800. The number of ketones is 1. The van der Waals surface area contributed by atoms with Crippen LogP contribution in [0.3, 0.4) is 0 Å². The molecule has 0 amide bonds. The zero-order chi connectivity index (χ0) is 32.2. The molecule has 0 aliphatic rings. The Morgan fingerprint density at radius 2 is 1.40 bits per heavy atom. The molecule has 0 saturated heterocycles. The topological polar surface area (TPSA) is 63.1 Å². The molecule has 0 saturated carbocycles. The van der Waals surface area contributed by atoms with Gasteiger partial charge in [-0.15, -0.1) is 23.6 Å². The van der Waals surface area contributed by atoms with Gasteiger partial charge in [0, 0.05) is 65.3 Å². The number of aromatic nitrogens is 2. The molecule has 45 heavy (non-hydrogen) atoms. The molecule has 2 aromatic heterocycles. The van der Waals surface area contributed by atoms with Gasteiger partial charge in [-0.1, -0.05) is 64.1 Å². The molecule has 1 N–H and O–H groups in total. The summed E-state index contributed by atoms with van der Waals surface area (Å²) in [6.45, 7) is 8.07. The Balaban J connectivity index is 0.000000297. The van der Waals surface area contributed by atoms with Gasteiger partial charge in [0.1, 0.15) is 11.6 Å². The third kappa shape index (κ3) is 7.59. The summed E-state index contributed by atoms with van der Waals surface area (Å²) in [6.07, 6.45) is -0.0904. The standard InChI is InChI=1S/C21H8F5N2S.C13H24O2.Ir/c22-17-11-6-2-3-7-12(11)18(23)16-15(17)19(27-28-20(16)21(24,25)26)14-9-10-5-1-4-8-13(10)29-14;1-5-10(6-2)12(14)9-13(15)11(7-3)8-4;/h1-8H;9-11,14H,5-8H2,1-4H3;/q-1;;/b;12-9-;. The SMILES string of the molecule is CCC(CC)C(=O)/C=C(\O)C(CC)CC.Fc1c2ccccc2c(F)c2c(C(F)(F)F)nnc(-c3[c-]c4ccccc4s3)c12.[Ir]. The molecule has 1 radical (unpaired) electrons. The minimum absolute atomic E-state index is 0. The number of hydrogen-bond donors (Lipinski definition) is 1. The first kappa shape index (κ1) is 36.2. The summed E-state index contributed by atoms with van der Waals surface area (Å²) >= 11 is 1.17. The number of carbonyl (C=O) groups excluding carboxylic acids is 1. The summed E-state index contributed by atoms with van der Waals surface area (Å²) in [6, 6.07) is 15.6. The van der Waals surface area contributed by atoms with E-state index in [9.17, 15) is 23.1 Å². The molecule has 0 unspecified atom stereocenters. The fourth-order valence-corrected chi connectivity index (χ4v) is 6.16. The second kappa shape index (κ2) is 15.3. The van der Waals surface area contributed by atoms with Crippen LogP contribution in [0.1, 0.15) is 59.1 Å². The van der Waals surface area contributed by atoms with Crippen LogP contribution in [0, 0.1) is 29.5 Å². The van der Waals surface area contributed by atoms with Crippen LogP contribution in [0.2, 0.25) is 0 Å². The number of thiophene rings is 1. The van der Waals surface area contributed by atoms with Crippen LogP contribution in [0.4, 0.5) is 22.0 Å². The zero-order valence-corrected chi connectivity index (χ0v) is 28.3. The monoisotopic (exact) mass is 820 g/mol. The number of rotatable bonds is 8. The molecule has 0 bridgehead atoms. The summed E-state index contributed by atoms with van der Waals surface area (Å²) in [5, 5.41) is 15.5. The van der Waals surface area contributed by atoms with Crippen LogP contribution >= 0.6 is 11.3 Å². The summed E-state index contributed by atoms with van der Waals surface area (Å²) in [4.78, 5) is 12.0. The fourth-order valence-electron chi connectivity index (χ4n) is 5.16. The van der Waals surface area contributed by atoms with Crippen LogP contribution in [0.15, 0.2) is 60.4 Å². The number of benzene rings is 3. The van der Waals surface area contributed by atoms with Crippen LogP contribution < -0.4 is 0 Å². The van der Waals surface area contributed by atoms with Crippen molar-refractivity contribution in [3.8, 4) is 10.6 Å². The maximum Gasteiger partial charge on any atom is 0.435 e. The van der Waals surface area contributed by atoms with E-state index in [0.717, 1.165) is 30.4 Å². The molecule has 5 aromatic rings. The Hall–Kier alpha value is -3.27. The molecule has 11 heteroatoms. The average molecular weight is 820 g/mol. The Kier molecular flexibility index (Phi) is 12.3. The maximum atomic E-state index is 15.4. The molecule has 0 fully saturated rings. The molecule has 5 rings (SSSR count). The van der Waals surface area contributed by atoms with Crippen LogP contribution in [-0.2, 0) is 31.1 Å². The first-order valence-electron chi connectivity index (χ1n) is 14.4. The van der Waals surface area contributed by atoms with Crippen molar-refractivity contribution < 1.29 is 52.0 Å². The third-order valence-electron chi connectivity index (χ3n) is 7.73. The minimum atomic E-state index is -5.00. The predicted molar refractivity (Wildman–Crippen MR) is 165 cm³/mol. The number of halogens is 5. The number of alkyl halides is 3. The molecular weight excluding hydrogens is 788 g/mol. The summed E-state index contributed by atoms with van der Waals surface area (Å²) < 4.78 is 72.0. The van der Waals surface area contributed by atoms with Gasteiger partial charge in [-0.25, -0.2) is 20.1 Å². The van der Waals surface area contributed by atoms with Crippen LogP contribution in [0.5, 0.6) is 0 Å². The van der Waals surface area contributed by atoms with E-state index in [1.165, 1.54) is 41.7 Å². The third-order valence-corrected chi connectivity index (χ3v) is 8.80. The number of allylic oxidation sites excluding steroid dienone is 2. The average Bonchev–Trinajstić information content (AvgIpc) is 3.44. The van der Waals surface area contributed by atoms with E-state index in [0.29, 0.717) is 5.39 Å². The molecule has 3 aromatic carbocycles. The van der Waals surface area contributed by atoms with E-state index in [1.54, 1.807) is 24.3 Å². The minimum Gasteiger partial charge on any atom is -0.512 e. The first-order chi connectivity index (χ1) is 21.0. The number of aliphatic hydroxyl groups is 1. The molecular formula is C34H32F5IrN2O2S-. The van der Waals surface area contributed by atoms with Gasteiger partial charge >= 0.3 is 6.18 Å². The molecule has 4 nitrogen and oxygen atoms in total. The van der Waals surface area contributed by atoms with E-state index < -0.39 is 34.3 Å². The van der Waals surface area contributed by atoms with E-state index >= 15 is 8.78 Å². The molecule has 0 spiro atoms. The number of fused-ring (bicyclic) bond motifs is 3. The summed E-state index contributed by atoms with van der Waals surface area (Å²) in [5.41, 5.74) is -1.73. The van der Waals surface area contributed by atoms with Gasteiger partial charge in [-0.3, -0.25) is 4.79 Å².